The number of allylic oxidation sites excluding steroid dienone is 3. The number of hydrogen-bond acceptors (Lipinski definition) is 0. The average Bonchev–Trinajstić information content (AvgIpc) is 1.90. The predicted octanol–water partition coefficient (Wildman–Crippen LogP) is 3.55. The minimum Gasteiger partial charge on any atom is -0.0998 e. The summed E-state index contributed by atoms with van der Waals surface area (Å²) in [6, 6.07) is 0. The summed E-state index contributed by atoms with van der Waals surface area (Å²) in [4.78, 5) is 0. The van der Waals surface area contributed by atoms with E-state index in [4.69, 9.17) is 0 Å². The van der Waals surface area contributed by atoms with Gasteiger partial charge in [0.15, 0.2) is 0 Å². The van der Waals surface area contributed by atoms with Crippen molar-refractivity contribution < 1.29 is 0 Å². The molecule has 0 heterocycles. The first kappa shape index (κ1) is 9.48. The Morgan fingerprint density at radius 1 is 1.50 bits per heavy atom. The van der Waals surface area contributed by atoms with Crippen LogP contribution < -0.4 is 0 Å². The van der Waals surface area contributed by atoms with Crippen molar-refractivity contribution >= 4 is 0 Å². The zero-order valence-corrected chi connectivity index (χ0v) is 6.06. The molecule has 0 aromatic carbocycles. The summed E-state index contributed by atoms with van der Waals surface area (Å²) in [6.45, 7) is 6.07. The Bertz CT molecular complexity index is 131. The summed E-state index contributed by atoms with van der Waals surface area (Å²) < 4.78 is 0. The number of hydrogen-bond donors (Lipinski definition) is 0. The molecule has 10 heavy (non-hydrogen) atoms. The van der Waals surface area contributed by atoms with Crippen molar-refractivity contribution in [3.63, 3.8) is 0 Å². The molecular formula is C10H18. The molecule has 0 saturated heterocycles. The van der Waals surface area contributed by atoms with Gasteiger partial charge in [0.25, 0.3) is 0 Å². The largest absolute Gasteiger partial charge is 0.0998 e. The molecule has 0 bridgehead atoms. The molecule has 0 amide bonds. The zero-order chi connectivity index (χ0) is 6.69. The lowest BCUT2D eigenvalue weighted by atomic mass is 9.89. The molecule has 1 aliphatic carbocycles. The lowest BCUT2D eigenvalue weighted by Gasteiger charge is -2.16. The van der Waals surface area contributed by atoms with Crippen LogP contribution in [0.25, 0.3) is 0 Å². The van der Waals surface area contributed by atoms with Gasteiger partial charge in [-0.3, -0.25) is 0 Å². The first-order valence-electron chi connectivity index (χ1n) is 3.61. The molecule has 58 valence electrons. The quantitative estimate of drug-likeness (QED) is 0.486. The molecule has 0 nitrogen and oxygen atoms in total. The summed E-state index contributed by atoms with van der Waals surface area (Å²) >= 11 is 0. The summed E-state index contributed by atoms with van der Waals surface area (Å²) in [6.07, 6.45) is 8.31. The van der Waals surface area contributed by atoms with E-state index < -0.39 is 0 Å². The van der Waals surface area contributed by atoms with Gasteiger partial charge in [0.1, 0.15) is 0 Å². The van der Waals surface area contributed by atoms with E-state index in [1.165, 1.54) is 24.8 Å². The van der Waals surface area contributed by atoms with Crippen molar-refractivity contribution in [1.82, 2.24) is 0 Å². The van der Waals surface area contributed by atoms with Gasteiger partial charge in [0, 0.05) is 0 Å². The van der Waals surface area contributed by atoms with Gasteiger partial charge in [-0.15, -0.1) is 0 Å². The molecule has 0 aliphatic heterocycles. The Labute approximate surface area is 64.6 Å². The van der Waals surface area contributed by atoms with Crippen molar-refractivity contribution in [1.29, 1.82) is 0 Å². The van der Waals surface area contributed by atoms with Crippen molar-refractivity contribution in [2.75, 3.05) is 0 Å². The highest BCUT2D eigenvalue weighted by Gasteiger charge is 2.08. The Hall–Kier alpha value is -0.520. The minimum atomic E-state index is 0. The van der Waals surface area contributed by atoms with E-state index >= 15 is 0 Å². The topological polar surface area (TPSA) is 0 Å². The SMILES string of the molecule is C.C=C(C)[C@@H]1CC=CCC1. The molecule has 0 N–H and O–H groups in total. The summed E-state index contributed by atoms with van der Waals surface area (Å²) in [5, 5.41) is 0. The first-order chi connectivity index (χ1) is 4.30. The van der Waals surface area contributed by atoms with Gasteiger partial charge in [0.2, 0.25) is 0 Å². The third kappa shape index (κ3) is 2.38. The van der Waals surface area contributed by atoms with Crippen LogP contribution in [0.1, 0.15) is 33.6 Å². The third-order valence-electron chi connectivity index (χ3n) is 1.97. The molecule has 0 saturated carbocycles. The Morgan fingerprint density at radius 2 is 2.20 bits per heavy atom. The molecule has 0 fully saturated rings. The van der Waals surface area contributed by atoms with Crippen molar-refractivity contribution in [2.45, 2.75) is 33.6 Å². The van der Waals surface area contributed by atoms with Crippen LogP contribution in [0, 0.1) is 5.92 Å². The fraction of sp³-hybridized carbons (Fsp3) is 0.600. The average molecular weight is 138 g/mol. The van der Waals surface area contributed by atoms with Crippen LogP contribution in [0.15, 0.2) is 24.3 Å². The maximum absolute atomic E-state index is 3.94. The standard InChI is InChI=1S/C9H14.CH4/c1-8(2)9-6-4-3-5-7-9;/h3-4,9H,1,5-7H2,2H3;1H4/t9-;/m1./s1. The summed E-state index contributed by atoms with van der Waals surface area (Å²) in [7, 11) is 0. The van der Waals surface area contributed by atoms with E-state index in [1.54, 1.807) is 0 Å². The zero-order valence-electron chi connectivity index (χ0n) is 6.06. The van der Waals surface area contributed by atoms with Gasteiger partial charge in [-0.2, -0.15) is 0 Å². The van der Waals surface area contributed by atoms with E-state index in [-0.39, 0.29) is 7.43 Å². The fourth-order valence-electron chi connectivity index (χ4n) is 1.24. The van der Waals surface area contributed by atoms with Crippen LogP contribution in [0.4, 0.5) is 0 Å². The van der Waals surface area contributed by atoms with Gasteiger partial charge in [-0.1, -0.05) is 31.7 Å². The Morgan fingerprint density at radius 3 is 2.50 bits per heavy atom. The van der Waals surface area contributed by atoms with Crippen LogP contribution in [0.3, 0.4) is 0 Å². The van der Waals surface area contributed by atoms with E-state index in [2.05, 4.69) is 25.7 Å². The van der Waals surface area contributed by atoms with E-state index in [9.17, 15) is 0 Å². The van der Waals surface area contributed by atoms with Gasteiger partial charge >= 0.3 is 0 Å². The van der Waals surface area contributed by atoms with Crippen molar-refractivity contribution in [3.05, 3.63) is 24.3 Å². The molecule has 0 unspecified atom stereocenters. The molecule has 1 atom stereocenters. The minimum absolute atomic E-state index is 0. The van der Waals surface area contributed by atoms with Crippen molar-refractivity contribution in [2.24, 2.45) is 5.92 Å². The fourth-order valence-corrected chi connectivity index (χ4v) is 1.24. The highest BCUT2D eigenvalue weighted by molar-refractivity contribution is 5.03. The molecular weight excluding hydrogens is 120 g/mol. The summed E-state index contributed by atoms with van der Waals surface area (Å²) in [5.41, 5.74) is 1.35. The maximum atomic E-state index is 3.94. The van der Waals surface area contributed by atoms with Gasteiger partial charge in [-0.05, 0) is 32.1 Å². The smallest absolute Gasteiger partial charge is 0.0171 e. The second-order valence-corrected chi connectivity index (χ2v) is 2.83. The Kier molecular flexibility index (Phi) is 4.10. The lowest BCUT2D eigenvalue weighted by molar-refractivity contribution is 0.555. The van der Waals surface area contributed by atoms with Crippen LogP contribution in [-0.2, 0) is 0 Å². The van der Waals surface area contributed by atoms with E-state index in [0.29, 0.717) is 0 Å². The molecule has 0 heteroatoms. The summed E-state index contributed by atoms with van der Waals surface area (Å²) in [5.74, 6) is 0.773. The maximum Gasteiger partial charge on any atom is -0.0171 e. The first-order valence-corrected chi connectivity index (χ1v) is 3.61. The van der Waals surface area contributed by atoms with Crippen LogP contribution in [0.5, 0.6) is 0 Å². The predicted molar refractivity (Wildman–Crippen MR) is 48.0 cm³/mol. The molecule has 0 radical (unpaired) electrons. The molecule has 1 rings (SSSR count). The monoisotopic (exact) mass is 138 g/mol. The van der Waals surface area contributed by atoms with Gasteiger partial charge in [-0.25, -0.2) is 0 Å². The van der Waals surface area contributed by atoms with Gasteiger partial charge < -0.3 is 0 Å². The molecule has 1 aliphatic rings. The Balaban J connectivity index is 0.000000810. The van der Waals surface area contributed by atoms with E-state index in [1.807, 2.05) is 0 Å². The van der Waals surface area contributed by atoms with Crippen LogP contribution >= 0.6 is 0 Å². The highest BCUT2D eigenvalue weighted by Crippen LogP contribution is 2.23. The normalized spacial score (nSPS) is 23.5. The van der Waals surface area contributed by atoms with Crippen LogP contribution in [-0.4, -0.2) is 0 Å². The third-order valence-corrected chi connectivity index (χ3v) is 1.97. The number of rotatable bonds is 1. The second-order valence-electron chi connectivity index (χ2n) is 2.83. The second kappa shape index (κ2) is 4.32. The van der Waals surface area contributed by atoms with Crippen molar-refractivity contribution in [3.8, 4) is 0 Å². The molecule has 0 aromatic heterocycles. The van der Waals surface area contributed by atoms with E-state index in [0.717, 1.165) is 5.92 Å². The lowest BCUT2D eigenvalue weighted by Crippen LogP contribution is -2.02. The highest BCUT2D eigenvalue weighted by atomic mass is 14.1. The molecule has 0 aromatic rings. The van der Waals surface area contributed by atoms with Crippen LogP contribution in [0.2, 0.25) is 0 Å². The van der Waals surface area contributed by atoms with Gasteiger partial charge in [0.05, 0.1) is 0 Å². The molecule has 0 spiro atoms.